The minimum Gasteiger partial charge on any atom is -0.379 e. The normalized spacial score (nSPS) is 13.6. The van der Waals surface area contributed by atoms with Crippen molar-refractivity contribution in [1.82, 2.24) is 5.32 Å². The lowest BCUT2D eigenvalue weighted by Gasteiger charge is -2.30. The Morgan fingerprint density at radius 2 is 1.89 bits per heavy atom. The van der Waals surface area contributed by atoms with E-state index in [-0.39, 0.29) is 5.60 Å². The topological polar surface area (TPSA) is 21.3 Å². The van der Waals surface area contributed by atoms with Crippen LogP contribution in [0.3, 0.4) is 0 Å². The van der Waals surface area contributed by atoms with Gasteiger partial charge in [0.1, 0.15) is 0 Å². The monoisotopic (exact) mass is 263 g/mol. The van der Waals surface area contributed by atoms with Gasteiger partial charge in [-0.05, 0) is 63.8 Å². The van der Waals surface area contributed by atoms with Crippen molar-refractivity contribution in [3.63, 3.8) is 0 Å². The third-order valence-corrected chi connectivity index (χ3v) is 3.82. The van der Waals surface area contributed by atoms with Gasteiger partial charge in [0.15, 0.2) is 0 Å². The number of aryl methyl sites for hydroxylation is 2. The van der Waals surface area contributed by atoms with Crippen LogP contribution in [-0.4, -0.2) is 19.3 Å². The van der Waals surface area contributed by atoms with Crippen molar-refractivity contribution in [3.8, 4) is 0 Å². The Balaban J connectivity index is 2.92. The molecule has 2 heteroatoms. The van der Waals surface area contributed by atoms with Gasteiger partial charge in [-0.3, -0.25) is 0 Å². The summed E-state index contributed by atoms with van der Waals surface area (Å²) in [6.45, 7) is 11.9. The molecule has 108 valence electrons. The molecular weight excluding hydrogens is 234 g/mol. The molecule has 19 heavy (non-hydrogen) atoms. The number of rotatable bonds is 7. The molecule has 0 radical (unpaired) electrons. The highest BCUT2D eigenvalue weighted by atomic mass is 16.5. The Bertz CT molecular complexity index is 398. The van der Waals surface area contributed by atoms with E-state index in [0.717, 1.165) is 19.4 Å². The molecule has 1 atom stereocenters. The van der Waals surface area contributed by atoms with E-state index in [9.17, 15) is 0 Å². The molecular formula is C17H29NO. The number of nitrogens with one attached hydrogen (secondary N) is 1. The van der Waals surface area contributed by atoms with Crippen LogP contribution in [0.1, 0.15) is 56.3 Å². The van der Waals surface area contributed by atoms with Crippen molar-refractivity contribution >= 4 is 0 Å². The molecule has 1 unspecified atom stereocenters. The third kappa shape index (κ3) is 4.96. The highest BCUT2D eigenvalue weighted by Crippen LogP contribution is 2.27. The molecule has 0 aliphatic rings. The zero-order valence-electron chi connectivity index (χ0n) is 13.3. The summed E-state index contributed by atoms with van der Waals surface area (Å²) >= 11 is 0. The number of hydrogen-bond acceptors (Lipinski definition) is 2. The molecule has 0 heterocycles. The summed E-state index contributed by atoms with van der Waals surface area (Å²) in [5, 5.41) is 3.64. The van der Waals surface area contributed by atoms with Gasteiger partial charge in [0.05, 0.1) is 5.60 Å². The fourth-order valence-electron chi connectivity index (χ4n) is 2.18. The molecule has 1 N–H and O–H groups in total. The Kier molecular flexibility index (Phi) is 6.02. The average molecular weight is 263 g/mol. The van der Waals surface area contributed by atoms with Gasteiger partial charge in [0.25, 0.3) is 0 Å². The number of ether oxygens (including phenoxy) is 1. The summed E-state index contributed by atoms with van der Waals surface area (Å²) < 4.78 is 5.58. The van der Waals surface area contributed by atoms with E-state index in [0.29, 0.717) is 6.04 Å². The molecule has 0 spiro atoms. The summed E-state index contributed by atoms with van der Waals surface area (Å²) in [5.41, 5.74) is 3.96. The van der Waals surface area contributed by atoms with Crippen LogP contribution in [0, 0.1) is 13.8 Å². The maximum Gasteiger partial charge on any atom is 0.0640 e. The van der Waals surface area contributed by atoms with E-state index in [1.165, 1.54) is 16.7 Å². The first-order chi connectivity index (χ1) is 8.89. The zero-order valence-corrected chi connectivity index (χ0v) is 13.3. The molecule has 0 amide bonds. The SMILES string of the molecule is CCCNC(CC(C)(C)OC)c1ccc(C)c(C)c1. The largest absolute Gasteiger partial charge is 0.379 e. The Hall–Kier alpha value is -0.860. The van der Waals surface area contributed by atoms with Crippen LogP contribution < -0.4 is 5.32 Å². The van der Waals surface area contributed by atoms with Gasteiger partial charge in [-0.15, -0.1) is 0 Å². The maximum absolute atomic E-state index is 5.58. The van der Waals surface area contributed by atoms with Gasteiger partial charge in [0.2, 0.25) is 0 Å². The average Bonchev–Trinajstić information content (AvgIpc) is 2.38. The van der Waals surface area contributed by atoms with Gasteiger partial charge in [-0.1, -0.05) is 25.1 Å². The van der Waals surface area contributed by atoms with Crippen LogP contribution in [0.4, 0.5) is 0 Å². The quantitative estimate of drug-likeness (QED) is 0.797. The Morgan fingerprint density at radius 1 is 1.21 bits per heavy atom. The first kappa shape index (κ1) is 16.2. The number of methoxy groups -OCH3 is 1. The number of benzene rings is 1. The van der Waals surface area contributed by atoms with Crippen LogP contribution >= 0.6 is 0 Å². The van der Waals surface area contributed by atoms with Crippen LogP contribution in [-0.2, 0) is 4.74 Å². The van der Waals surface area contributed by atoms with Crippen molar-refractivity contribution in [1.29, 1.82) is 0 Å². The molecule has 1 aromatic carbocycles. The predicted molar refractivity (Wildman–Crippen MR) is 82.7 cm³/mol. The van der Waals surface area contributed by atoms with Crippen molar-refractivity contribution in [2.24, 2.45) is 0 Å². The van der Waals surface area contributed by atoms with E-state index in [4.69, 9.17) is 4.74 Å². The molecule has 0 aliphatic heterocycles. The highest BCUT2D eigenvalue weighted by molar-refractivity contribution is 5.31. The molecule has 0 saturated carbocycles. The molecule has 2 nitrogen and oxygen atoms in total. The first-order valence-electron chi connectivity index (χ1n) is 7.25. The zero-order chi connectivity index (χ0) is 14.5. The first-order valence-corrected chi connectivity index (χ1v) is 7.25. The molecule has 0 saturated heterocycles. The highest BCUT2D eigenvalue weighted by Gasteiger charge is 2.23. The van der Waals surface area contributed by atoms with Gasteiger partial charge in [-0.2, -0.15) is 0 Å². The van der Waals surface area contributed by atoms with Crippen LogP contribution in [0.5, 0.6) is 0 Å². The van der Waals surface area contributed by atoms with Gasteiger partial charge >= 0.3 is 0 Å². The number of hydrogen-bond donors (Lipinski definition) is 1. The third-order valence-electron chi connectivity index (χ3n) is 3.82. The van der Waals surface area contributed by atoms with Crippen molar-refractivity contribution < 1.29 is 4.74 Å². The molecule has 1 rings (SSSR count). The fraction of sp³-hybridized carbons (Fsp3) is 0.647. The predicted octanol–water partition coefficient (Wildman–Crippen LogP) is 4.16. The van der Waals surface area contributed by atoms with Crippen LogP contribution in [0.15, 0.2) is 18.2 Å². The minimum absolute atomic E-state index is 0.107. The van der Waals surface area contributed by atoms with E-state index >= 15 is 0 Å². The van der Waals surface area contributed by atoms with Gasteiger partial charge in [-0.25, -0.2) is 0 Å². The Morgan fingerprint density at radius 3 is 2.42 bits per heavy atom. The summed E-state index contributed by atoms with van der Waals surface area (Å²) in [6.07, 6.45) is 2.13. The van der Waals surface area contributed by atoms with Gasteiger partial charge in [0, 0.05) is 13.2 Å². The lowest BCUT2D eigenvalue weighted by Crippen LogP contribution is -2.32. The summed E-state index contributed by atoms with van der Waals surface area (Å²) in [4.78, 5) is 0. The fourth-order valence-corrected chi connectivity index (χ4v) is 2.18. The summed E-state index contributed by atoms with van der Waals surface area (Å²) in [7, 11) is 1.79. The van der Waals surface area contributed by atoms with Crippen LogP contribution in [0.2, 0.25) is 0 Å². The van der Waals surface area contributed by atoms with E-state index < -0.39 is 0 Å². The molecule has 0 bridgehead atoms. The van der Waals surface area contributed by atoms with E-state index in [1.807, 2.05) is 0 Å². The summed E-state index contributed by atoms with van der Waals surface area (Å²) in [6, 6.07) is 7.11. The Labute approximate surface area is 118 Å². The van der Waals surface area contributed by atoms with E-state index in [2.05, 4.69) is 58.1 Å². The lowest BCUT2D eigenvalue weighted by atomic mass is 9.92. The van der Waals surface area contributed by atoms with Gasteiger partial charge < -0.3 is 10.1 Å². The summed E-state index contributed by atoms with van der Waals surface area (Å²) in [5.74, 6) is 0. The lowest BCUT2D eigenvalue weighted by molar-refractivity contribution is 0.00684. The second-order valence-corrected chi connectivity index (χ2v) is 6.02. The molecule has 0 fully saturated rings. The smallest absolute Gasteiger partial charge is 0.0640 e. The van der Waals surface area contributed by atoms with E-state index in [1.54, 1.807) is 7.11 Å². The molecule has 0 aromatic heterocycles. The molecule has 1 aromatic rings. The van der Waals surface area contributed by atoms with Crippen molar-refractivity contribution in [2.45, 2.75) is 59.1 Å². The van der Waals surface area contributed by atoms with Crippen LogP contribution in [0.25, 0.3) is 0 Å². The molecule has 0 aliphatic carbocycles. The second kappa shape index (κ2) is 7.06. The standard InChI is InChI=1S/C17H29NO/c1-7-10-18-16(12-17(4,5)19-6)15-9-8-13(2)14(3)11-15/h8-9,11,16,18H,7,10,12H2,1-6H3. The second-order valence-electron chi connectivity index (χ2n) is 6.02. The van der Waals surface area contributed by atoms with Crippen molar-refractivity contribution in [3.05, 3.63) is 34.9 Å². The maximum atomic E-state index is 5.58. The van der Waals surface area contributed by atoms with Crippen molar-refractivity contribution in [2.75, 3.05) is 13.7 Å². The minimum atomic E-state index is -0.107.